The number of benzene rings is 1. The van der Waals surface area contributed by atoms with Gasteiger partial charge in [0.25, 0.3) is 5.91 Å². The van der Waals surface area contributed by atoms with Crippen LogP contribution in [0.4, 0.5) is 5.00 Å². The lowest BCUT2D eigenvalue weighted by atomic mass is 9.66. The lowest BCUT2D eigenvalue weighted by Crippen LogP contribution is -2.52. The van der Waals surface area contributed by atoms with E-state index in [9.17, 15) is 9.59 Å². The number of hydrogen-bond acceptors (Lipinski definition) is 5. The van der Waals surface area contributed by atoms with E-state index in [-0.39, 0.29) is 23.3 Å². The minimum atomic E-state index is -0.812. The number of rotatable bonds is 5. The van der Waals surface area contributed by atoms with Crippen molar-refractivity contribution in [1.82, 2.24) is 0 Å². The van der Waals surface area contributed by atoms with E-state index in [4.69, 9.17) is 9.47 Å². The lowest BCUT2D eigenvalue weighted by molar-refractivity contribution is -0.149. The first kappa shape index (κ1) is 19.8. The molecule has 5 nitrogen and oxygen atoms in total. The summed E-state index contributed by atoms with van der Waals surface area (Å²) in [5.74, 6) is -0.0144. The van der Waals surface area contributed by atoms with E-state index in [1.165, 1.54) is 11.3 Å². The highest BCUT2D eigenvalue weighted by molar-refractivity contribution is 7.15. The maximum atomic E-state index is 13.6. The highest BCUT2D eigenvalue weighted by Gasteiger charge is 2.78. The standard InChI is InChI=1S/C24H27NO4S/c1-4-28-20(26)18-17(15-8-6-5-7-9-15)13-30-19(18)25-21(27)24-12-16-10-11-23(24,3)22(16,2)14-29-24/h5-9,13,16H,4,10-12,14H2,1-3H3,(H,25,27)/t16-,22+,23+,24-/m1/s1. The Bertz CT molecular complexity index is 1020. The molecule has 4 atom stereocenters. The summed E-state index contributed by atoms with van der Waals surface area (Å²) in [7, 11) is 0. The van der Waals surface area contributed by atoms with Crippen LogP contribution in [0.3, 0.4) is 0 Å². The van der Waals surface area contributed by atoms with Gasteiger partial charge in [0.2, 0.25) is 0 Å². The van der Waals surface area contributed by atoms with Crippen LogP contribution in [0.25, 0.3) is 11.1 Å². The molecule has 1 aromatic heterocycles. The van der Waals surface area contributed by atoms with Crippen molar-refractivity contribution in [3.05, 3.63) is 41.3 Å². The van der Waals surface area contributed by atoms with E-state index in [0.29, 0.717) is 23.1 Å². The molecular weight excluding hydrogens is 398 g/mol. The molecule has 2 saturated carbocycles. The molecule has 158 valence electrons. The Hall–Kier alpha value is -2.18. The summed E-state index contributed by atoms with van der Waals surface area (Å²) in [5.41, 5.74) is 1.20. The summed E-state index contributed by atoms with van der Waals surface area (Å²) in [4.78, 5) is 26.5. The summed E-state index contributed by atoms with van der Waals surface area (Å²) in [5, 5.41) is 5.53. The number of anilines is 1. The van der Waals surface area contributed by atoms with Gasteiger partial charge in [-0.15, -0.1) is 11.3 Å². The van der Waals surface area contributed by atoms with Gasteiger partial charge in [0.05, 0.1) is 13.2 Å². The summed E-state index contributed by atoms with van der Waals surface area (Å²) in [6.07, 6.45) is 2.93. The van der Waals surface area contributed by atoms with E-state index < -0.39 is 11.6 Å². The van der Waals surface area contributed by atoms with E-state index in [2.05, 4.69) is 19.2 Å². The molecule has 2 heterocycles. The third kappa shape index (κ3) is 2.38. The SMILES string of the molecule is CCOC(=O)c1c(-c2ccccc2)csc1NC(=O)[C@]12C[C@H]3CC[C@@]1(C)[C@@]3(C)CO2. The van der Waals surface area contributed by atoms with Crippen molar-refractivity contribution in [2.45, 2.75) is 45.6 Å². The molecule has 1 aliphatic heterocycles. The number of esters is 1. The van der Waals surface area contributed by atoms with Crippen molar-refractivity contribution in [1.29, 1.82) is 0 Å². The van der Waals surface area contributed by atoms with Crippen molar-refractivity contribution >= 4 is 28.2 Å². The average Bonchev–Trinajstić information content (AvgIpc) is 3.39. The second kappa shape index (κ2) is 6.66. The first-order valence-electron chi connectivity index (χ1n) is 10.7. The van der Waals surface area contributed by atoms with Gasteiger partial charge in [-0.25, -0.2) is 4.79 Å². The Balaban J connectivity index is 1.51. The summed E-state index contributed by atoms with van der Waals surface area (Å²) >= 11 is 1.36. The fraction of sp³-hybridized carbons (Fsp3) is 0.500. The minimum Gasteiger partial charge on any atom is -0.462 e. The highest BCUT2D eigenvalue weighted by atomic mass is 32.1. The van der Waals surface area contributed by atoms with Crippen LogP contribution < -0.4 is 5.32 Å². The van der Waals surface area contributed by atoms with Gasteiger partial charge >= 0.3 is 5.97 Å². The molecule has 5 rings (SSSR count). The van der Waals surface area contributed by atoms with Crippen LogP contribution in [-0.4, -0.2) is 30.7 Å². The first-order chi connectivity index (χ1) is 14.4. The summed E-state index contributed by atoms with van der Waals surface area (Å²) in [6.45, 7) is 7.18. The average molecular weight is 426 g/mol. The quantitative estimate of drug-likeness (QED) is 0.675. The molecule has 1 amide bonds. The molecule has 4 bridgehead atoms. The number of nitrogens with one attached hydrogen (secondary N) is 1. The highest BCUT2D eigenvalue weighted by Crippen LogP contribution is 2.75. The molecule has 1 saturated heterocycles. The van der Waals surface area contributed by atoms with E-state index in [1.807, 2.05) is 35.7 Å². The van der Waals surface area contributed by atoms with Gasteiger partial charge in [-0.1, -0.05) is 44.2 Å². The van der Waals surface area contributed by atoms with Gasteiger partial charge in [-0.2, -0.15) is 0 Å². The van der Waals surface area contributed by atoms with Gasteiger partial charge in [0.1, 0.15) is 10.6 Å². The van der Waals surface area contributed by atoms with Gasteiger partial charge in [-0.05, 0) is 37.7 Å². The fourth-order valence-electron chi connectivity index (χ4n) is 6.15. The molecular formula is C24H27NO4S. The van der Waals surface area contributed by atoms with Crippen LogP contribution in [0, 0.1) is 16.7 Å². The van der Waals surface area contributed by atoms with Crippen molar-refractivity contribution in [3.8, 4) is 11.1 Å². The third-order valence-electron chi connectivity index (χ3n) is 8.15. The van der Waals surface area contributed by atoms with Crippen molar-refractivity contribution in [2.75, 3.05) is 18.5 Å². The normalized spacial score (nSPS) is 33.6. The molecule has 3 fully saturated rings. The van der Waals surface area contributed by atoms with Crippen LogP contribution in [0.5, 0.6) is 0 Å². The Labute approximate surface area is 180 Å². The molecule has 0 spiro atoms. The lowest BCUT2D eigenvalue weighted by Gasteiger charge is -2.39. The molecule has 2 aliphatic carbocycles. The number of hydrogen-bond donors (Lipinski definition) is 1. The molecule has 1 N–H and O–H groups in total. The molecule has 2 aromatic rings. The Morgan fingerprint density at radius 2 is 2.03 bits per heavy atom. The zero-order valence-corrected chi connectivity index (χ0v) is 18.4. The summed E-state index contributed by atoms with van der Waals surface area (Å²) < 4.78 is 11.6. The molecule has 6 heteroatoms. The topological polar surface area (TPSA) is 64.6 Å². The molecule has 0 radical (unpaired) electrons. The van der Waals surface area contributed by atoms with Crippen LogP contribution in [0.15, 0.2) is 35.7 Å². The molecule has 0 unspecified atom stereocenters. The molecule has 3 aliphatic rings. The summed E-state index contributed by atoms with van der Waals surface area (Å²) in [6, 6.07) is 9.71. The second-order valence-corrected chi connectivity index (χ2v) is 10.1. The van der Waals surface area contributed by atoms with Gasteiger partial charge < -0.3 is 14.8 Å². The third-order valence-corrected chi connectivity index (χ3v) is 9.04. The molecule has 1 aromatic carbocycles. The number of ether oxygens (including phenoxy) is 2. The second-order valence-electron chi connectivity index (χ2n) is 9.20. The Kier molecular flexibility index (Phi) is 4.39. The number of amides is 1. The number of thiophene rings is 1. The smallest absolute Gasteiger partial charge is 0.341 e. The van der Waals surface area contributed by atoms with Gasteiger partial charge in [0, 0.05) is 21.8 Å². The van der Waals surface area contributed by atoms with Crippen LogP contribution >= 0.6 is 11.3 Å². The van der Waals surface area contributed by atoms with Gasteiger partial charge in [0.15, 0.2) is 5.60 Å². The van der Waals surface area contributed by atoms with Crippen molar-refractivity contribution in [2.24, 2.45) is 16.7 Å². The van der Waals surface area contributed by atoms with Gasteiger partial charge in [-0.3, -0.25) is 4.79 Å². The zero-order valence-electron chi connectivity index (χ0n) is 17.6. The van der Waals surface area contributed by atoms with Crippen LogP contribution in [0.1, 0.15) is 50.4 Å². The van der Waals surface area contributed by atoms with Crippen LogP contribution in [-0.2, 0) is 14.3 Å². The monoisotopic (exact) mass is 425 g/mol. The maximum Gasteiger partial charge on any atom is 0.341 e. The maximum absolute atomic E-state index is 13.6. The zero-order chi connectivity index (χ0) is 21.1. The van der Waals surface area contributed by atoms with Crippen molar-refractivity contribution < 1.29 is 19.1 Å². The Morgan fingerprint density at radius 1 is 1.27 bits per heavy atom. The van der Waals surface area contributed by atoms with E-state index in [0.717, 1.165) is 30.4 Å². The van der Waals surface area contributed by atoms with E-state index in [1.54, 1.807) is 6.92 Å². The predicted octanol–water partition coefficient (Wildman–Crippen LogP) is 5.13. The molecule has 30 heavy (non-hydrogen) atoms. The Morgan fingerprint density at radius 3 is 2.70 bits per heavy atom. The minimum absolute atomic E-state index is 0.0545. The van der Waals surface area contributed by atoms with Crippen molar-refractivity contribution in [3.63, 3.8) is 0 Å². The fourth-order valence-corrected chi connectivity index (χ4v) is 7.10. The predicted molar refractivity (Wildman–Crippen MR) is 117 cm³/mol. The first-order valence-corrected chi connectivity index (χ1v) is 11.5. The largest absolute Gasteiger partial charge is 0.462 e. The number of carbonyl (C=O) groups is 2. The number of carbonyl (C=O) groups excluding carboxylic acids is 2. The van der Waals surface area contributed by atoms with E-state index >= 15 is 0 Å². The van der Waals surface area contributed by atoms with Crippen LogP contribution in [0.2, 0.25) is 0 Å².